The Hall–Kier alpha value is -1.39. The van der Waals surface area contributed by atoms with E-state index in [1.54, 1.807) is 0 Å². The summed E-state index contributed by atoms with van der Waals surface area (Å²) in [6.45, 7) is 6.58. The number of para-hydroxylation sites is 1. The molecule has 1 heterocycles. The van der Waals surface area contributed by atoms with Crippen LogP contribution in [0.15, 0.2) is 24.3 Å². The standard InChI is InChI=1S/C16H24N2O2/c1-3-18(15-9-5-4-7-13(15)2)16(20)12-17-10-6-8-14(19)11-17/h4-5,7,9,14,19H,3,6,8,10-12H2,1-2H3/t14-/m0/s1. The molecule has 4 nitrogen and oxygen atoms in total. The molecule has 1 aliphatic heterocycles. The Morgan fingerprint density at radius 1 is 1.45 bits per heavy atom. The Kier molecular flexibility index (Phi) is 5.15. The van der Waals surface area contributed by atoms with Crippen molar-refractivity contribution in [2.75, 3.05) is 31.1 Å². The number of benzene rings is 1. The lowest BCUT2D eigenvalue weighted by Crippen LogP contribution is -2.45. The molecule has 1 fully saturated rings. The van der Waals surface area contributed by atoms with E-state index in [0.29, 0.717) is 19.6 Å². The maximum absolute atomic E-state index is 12.5. The first kappa shape index (κ1) is 15.0. The number of hydrogen-bond acceptors (Lipinski definition) is 3. The molecule has 110 valence electrons. The molecule has 1 aliphatic rings. The van der Waals surface area contributed by atoms with Crippen molar-refractivity contribution in [3.63, 3.8) is 0 Å². The molecule has 0 aliphatic carbocycles. The van der Waals surface area contributed by atoms with E-state index in [-0.39, 0.29) is 12.0 Å². The number of anilines is 1. The van der Waals surface area contributed by atoms with Gasteiger partial charge in [0.1, 0.15) is 0 Å². The first-order valence-electron chi connectivity index (χ1n) is 7.38. The number of likely N-dealkylation sites (N-methyl/N-ethyl adjacent to an activating group) is 1. The van der Waals surface area contributed by atoms with Gasteiger partial charge in [-0.1, -0.05) is 18.2 Å². The number of β-amino-alcohol motifs (C(OH)–C–C–N with tert-alkyl or cyclic N) is 1. The Labute approximate surface area is 121 Å². The van der Waals surface area contributed by atoms with E-state index in [0.717, 1.165) is 30.6 Å². The predicted molar refractivity (Wildman–Crippen MR) is 80.9 cm³/mol. The number of aliphatic hydroxyl groups is 1. The van der Waals surface area contributed by atoms with Crippen molar-refractivity contribution in [1.29, 1.82) is 0 Å². The number of aryl methyl sites for hydroxylation is 1. The summed E-state index contributed by atoms with van der Waals surface area (Å²) < 4.78 is 0. The quantitative estimate of drug-likeness (QED) is 0.912. The highest BCUT2D eigenvalue weighted by Crippen LogP contribution is 2.20. The number of nitrogens with zero attached hydrogens (tertiary/aromatic N) is 2. The topological polar surface area (TPSA) is 43.8 Å². The van der Waals surface area contributed by atoms with Gasteiger partial charge in [-0.05, 0) is 44.9 Å². The Balaban J connectivity index is 2.04. The van der Waals surface area contributed by atoms with Gasteiger partial charge in [0.2, 0.25) is 5.91 Å². The van der Waals surface area contributed by atoms with Crippen molar-refractivity contribution >= 4 is 11.6 Å². The second kappa shape index (κ2) is 6.86. The largest absolute Gasteiger partial charge is 0.392 e. The lowest BCUT2D eigenvalue weighted by Gasteiger charge is -2.31. The van der Waals surface area contributed by atoms with Crippen molar-refractivity contribution in [2.24, 2.45) is 0 Å². The second-order valence-electron chi connectivity index (χ2n) is 5.46. The molecule has 1 aromatic carbocycles. The summed E-state index contributed by atoms with van der Waals surface area (Å²) >= 11 is 0. The molecule has 0 saturated carbocycles. The van der Waals surface area contributed by atoms with Gasteiger partial charge in [0.25, 0.3) is 0 Å². The Bertz CT molecular complexity index is 462. The summed E-state index contributed by atoms with van der Waals surface area (Å²) in [4.78, 5) is 16.4. The van der Waals surface area contributed by atoms with Crippen molar-refractivity contribution in [3.8, 4) is 0 Å². The SMILES string of the molecule is CCN(C(=O)CN1CCC[C@H](O)C1)c1ccccc1C. The molecule has 4 heteroatoms. The summed E-state index contributed by atoms with van der Waals surface area (Å²) in [5.41, 5.74) is 2.10. The highest BCUT2D eigenvalue weighted by atomic mass is 16.3. The first-order valence-corrected chi connectivity index (χ1v) is 7.38. The van der Waals surface area contributed by atoms with Crippen LogP contribution >= 0.6 is 0 Å². The molecule has 1 amide bonds. The summed E-state index contributed by atoms with van der Waals surface area (Å²) in [5, 5.41) is 9.68. The number of hydrogen-bond donors (Lipinski definition) is 1. The minimum absolute atomic E-state index is 0.107. The van der Waals surface area contributed by atoms with Gasteiger partial charge in [-0.25, -0.2) is 0 Å². The molecule has 0 radical (unpaired) electrons. The lowest BCUT2D eigenvalue weighted by molar-refractivity contribution is -0.120. The zero-order chi connectivity index (χ0) is 14.5. The average molecular weight is 276 g/mol. The van der Waals surface area contributed by atoms with E-state index in [1.807, 2.05) is 43.0 Å². The summed E-state index contributed by atoms with van der Waals surface area (Å²) in [5.74, 6) is 0.107. The van der Waals surface area contributed by atoms with Crippen LogP contribution in [0.1, 0.15) is 25.3 Å². The molecular formula is C16H24N2O2. The van der Waals surface area contributed by atoms with Crippen LogP contribution in [0.4, 0.5) is 5.69 Å². The van der Waals surface area contributed by atoms with Gasteiger partial charge in [-0.3, -0.25) is 9.69 Å². The van der Waals surface area contributed by atoms with Crippen LogP contribution in [-0.2, 0) is 4.79 Å². The van der Waals surface area contributed by atoms with E-state index in [2.05, 4.69) is 4.90 Å². The van der Waals surface area contributed by atoms with Crippen LogP contribution in [-0.4, -0.2) is 48.2 Å². The van der Waals surface area contributed by atoms with Crippen molar-refractivity contribution in [3.05, 3.63) is 29.8 Å². The highest BCUT2D eigenvalue weighted by molar-refractivity contribution is 5.95. The number of amides is 1. The molecule has 2 rings (SSSR count). The van der Waals surface area contributed by atoms with Crippen LogP contribution < -0.4 is 4.90 Å². The third-order valence-electron chi connectivity index (χ3n) is 3.86. The number of rotatable bonds is 4. The number of piperidine rings is 1. The Morgan fingerprint density at radius 3 is 2.85 bits per heavy atom. The predicted octanol–water partition coefficient (Wildman–Crippen LogP) is 1.80. The third kappa shape index (κ3) is 3.58. The van der Waals surface area contributed by atoms with E-state index >= 15 is 0 Å². The molecule has 0 bridgehead atoms. The number of aliphatic hydroxyl groups excluding tert-OH is 1. The minimum Gasteiger partial charge on any atom is -0.392 e. The van der Waals surface area contributed by atoms with Crippen LogP contribution in [0, 0.1) is 6.92 Å². The zero-order valence-corrected chi connectivity index (χ0v) is 12.4. The van der Waals surface area contributed by atoms with Crippen LogP contribution in [0.2, 0.25) is 0 Å². The Morgan fingerprint density at radius 2 is 2.20 bits per heavy atom. The van der Waals surface area contributed by atoms with E-state index in [9.17, 15) is 9.90 Å². The number of likely N-dealkylation sites (tertiary alicyclic amines) is 1. The number of carbonyl (C=O) groups excluding carboxylic acids is 1. The van der Waals surface area contributed by atoms with Gasteiger partial charge in [-0.15, -0.1) is 0 Å². The maximum Gasteiger partial charge on any atom is 0.241 e. The highest BCUT2D eigenvalue weighted by Gasteiger charge is 2.23. The summed E-state index contributed by atoms with van der Waals surface area (Å²) in [6.07, 6.45) is 1.52. The first-order chi connectivity index (χ1) is 9.61. The van der Waals surface area contributed by atoms with Gasteiger partial charge in [0.15, 0.2) is 0 Å². The lowest BCUT2D eigenvalue weighted by atomic mass is 10.1. The van der Waals surface area contributed by atoms with Crippen LogP contribution in [0.3, 0.4) is 0 Å². The average Bonchev–Trinajstić information content (AvgIpc) is 2.41. The van der Waals surface area contributed by atoms with Gasteiger partial charge < -0.3 is 10.0 Å². The molecular weight excluding hydrogens is 252 g/mol. The fourth-order valence-electron chi connectivity index (χ4n) is 2.80. The fraction of sp³-hybridized carbons (Fsp3) is 0.562. The van der Waals surface area contributed by atoms with E-state index < -0.39 is 0 Å². The normalized spacial score (nSPS) is 19.9. The fourth-order valence-corrected chi connectivity index (χ4v) is 2.80. The maximum atomic E-state index is 12.5. The molecule has 1 saturated heterocycles. The molecule has 1 aromatic rings. The van der Waals surface area contributed by atoms with Gasteiger partial charge >= 0.3 is 0 Å². The third-order valence-corrected chi connectivity index (χ3v) is 3.86. The van der Waals surface area contributed by atoms with E-state index in [4.69, 9.17) is 0 Å². The van der Waals surface area contributed by atoms with Gasteiger partial charge in [0, 0.05) is 18.8 Å². The molecule has 0 aromatic heterocycles. The zero-order valence-electron chi connectivity index (χ0n) is 12.4. The summed E-state index contributed by atoms with van der Waals surface area (Å²) in [6, 6.07) is 7.96. The number of carbonyl (C=O) groups is 1. The minimum atomic E-state index is -0.287. The monoisotopic (exact) mass is 276 g/mol. The smallest absolute Gasteiger partial charge is 0.241 e. The summed E-state index contributed by atoms with van der Waals surface area (Å²) in [7, 11) is 0. The van der Waals surface area contributed by atoms with Gasteiger partial charge in [0.05, 0.1) is 12.6 Å². The molecule has 20 heavy (non-hydrogen) atoms. The van der Waals surface area contributed by atoms with E-state index in [1.165, 1.54) is 0 Å². The second-order valence-corrected chi connectivity index (χ2v) is 5.46. The molecule has 0 spiro atoms. The molecule has 1 atom stereocenters. The van der Waals surface area contributed by atoms with Crippen molar-refractivity contribution < 1.29 is 9.90 Å². The van der Waals surface area contributed by atoms with Crippen molar-refractivity contribution in [2.45, 2.75) is 32.8 Å². The van der Waals surface area contributed by atoms with Crippen LogP contribution in [0.5, 0.6) is 0 Å². The van der Waals surface area contributed by atoms with Crippen molar-refractivity contribution in [1.82, 2.24) is 4.90 Å². The van der Waals surface area contributed by atoms with Crippen LogP contribution in [0.25, 0.3) is 0 Å². The molecule has 1 N–H and O–H groups in total. The van der Waals surface area contributed by atoms with Gasteiger partial charge in [-0.2, -0.15) is 0 Å². The molecule has 0 unspecified atom stereocenters.